The van der Waals surface area contributed by atoms with Crippen molar-refractivity contribution in [3.8, 4) is 6.07 Å². The van der Waals surface area contributed by atoms with Gasteiger partial charge in [0.05, 0.1) is 6.07 Å². The molecule has 1 heterocycles. The zero-order chi connectivity index (χ0) is 12.3. The van der Waals surface area contributed by atoms with E-state index in [2.05, 4.69) is 18.7 Å². The molecule has 0 aromatic heterocycles. The molecule has 0 bridgehead atoms. The van der Waals surface area contributed by atoms with Gasteiger partial charge >= 0.3 is 0 Å². The Bertz CT molecular complexity index is 364. The Hall–Kier alpha value is -0.640. The van der Waals surface area contributed by atoms with Crippen LogP contribution in [0.15, 0.2) is 0 Å². The first-order valence-corrected chi connectivity index (χ1v) is 7.02. The molecule has 0 aliphatic carbocycles. The van der Waals surface area contributed by atoms with Crippen molar-refractivity contribution >= 4 is 10.0 Å². The molecular formula is C10H19N3O2S. The third-order valence-corrected chi connectivity index (χ3v) is 5.08. The van der Waals surface area contributed by atoms with Gasteiger partial charge in [-0.1, -0.05) is 0 Å². The van der Waals surface area contributed by atoms with Crippen LogP contribution in [-0.4, -0.2) is 55.1 Å². The van der Waals surface area contributed by atoms with E-state index in [9.17, 15) is 8.42 Å². The lowest BCUT2D eigenvalue weighted by Crippen LogP contribution is -2.52. The van der Waals surface area contributed by atoms with Crippen molar-refractivity contribution in [3.63, 3.8) is 0 Å². The molecule has 1 rings (SSSR count). The Kier molecular flexibility index (Phi) is 4.30. The number of sulfonamides is 1. The maximum atomic E-state index is 11.9. The highest BCUT2D eigenvalue weighted by Gasteiger charge is 2.31. The van der Waals surface area contributed by atoms with E-state index in [1.54, 1.807) is 6.07 Å². The summed E-state index contributed by atoms with van der Waals surface area (Å²) in [5.74, 6) is 0. The Morgan fingerprint density at radius 2 is 1.62 bits per heavy atom. The minimum atomic E-state index is -3.42. The molecule has 1 saturated heterocycles. The lowest BCUT2D eigenvalue weighted by atomic mass is 10.3. The molecule has 6 heteroatoms. The number of hydrogen-bond acceptors (Lipinski definition) is 4. The number of nitrogens with zero attached hydrogens (tertiary/aromatic N) is 3. The van der Waals surface area contributed by atoms with Crippen molar-refractivity contribution in [2.45, 2.75) is 32.1 Å². The third-order valence-electron chi connectivity index (χ3n) is 2.99. The molecule has 16 heavy (non-hydrogen) atoms. The summed E-state index contributed by atoms with van der Waals surface area (Å²) in [6.45, 7) is 8.11. The van der Waals surface area contributed by atoms with Crippen molar-refractivity contribution in [2.75, 3.05) is 26.2 Å². The molecule has 92 valence electrons. The van der Waals surface area contributed by atoms with E-state index in [0.29, 0.717) is 19.1 Å². The van der Waals surface area contributed by atoms with Crippen LogP contribution in [0.1, 0.15) is 20.8 Å². The molecule has 0 aromatic rings. The lowest BCUT2D eigenvalue weighted by Gasteiger charge is -2.36. The average Bonchev–Trinajstić information content (AvgIpc) is 2.28. The maximum Gasteiger partial charge on any atom is 0.230 e. The Balaban J connectivity index is 2.65. The molecule has 0 N–H and O–H groups in total. The number of rotatable bonds is 3. The second kappa shape index (κ2) is 5.13. The summed E-state index contributed by atoms with van der Waals surface area (Å²) in [6, 6.07) is 2.24. The van der Waals surface area contributed by atoms with Gasteiger partial charge in [0.1, 0.15) is 0 Å². The number of hydrogen-bond donors (Lipinski definition) is 0. The topological polar surface area (TPSA) is 64.4 Å². The summed E-state index contributed by atoms with van der Waals surface area (Å²) in [4.78, 5) is 2.24. The van der Waals surface area contributed by atoms with E-state index >= 15 is 0 Å². The predicted octanol–water partition coefficient (Wildman–Crippen LogP) is 0.254. The van der Waals surface area contributed by atoms with Crippen molar-refractivity contribution in [1.82, 2.24) is 9.21 Å². The lowest BCUT2D eigenvalue weighted by molar-refractivity contribution is 0.154. The van der Waals surface area contributed by atoms with E-state index < -0.39 is 15.3 Å². The molecule has 1 fully saturated rings. The van der Waals surface area contributed by atoms with Crippen LogP contribution in [0.2, 0.25) is 0 Å². The summed E-state index contributed by atoms with van der Waals surface area (Å²) in [7, 11) is -3.42. The van der Waals surface area contributed by atoms with Crippen LogP contribution in [0.3, 0.4) is 0 Å². The van der Waals surface area contributed by atoms with Crippen molar-refractivity contribution in [3.05, 3.63) is 0 Å². The summed E-state index contributed by atoms with van der Waals surface area (Å²) in [5.41, 5.74) is 0. The van der Waals surface area contributed by atoms with Crippen molar-refractivity contribution in [2.24, 2.45) is 0 Å². The van der Waals surface area contributed by atoms with E-state index in [4.69, 9.17) is 5.26 Å². The van der Waals surface area contributed by atoms with Crippen LogP contribution < -0.4 is 0 Å². The van der Waals surface area contributed by atoms with Crippen LogP contribution in [0.25, 0.3) is 0 Å². The fourth-order valence-electron chi connectivity index (χ4n) is 1.76. The van der Waals surface area contributed by atoms with Gasteiger partial charge in [0, 0.05) is 32.2 Å². The van der Waals surface area contributed by atoms with Gasteiger partial charge in [-0.25, -0.2) is 8.42 Å². The van der Waals surface area contributed by atoms with E-state index in [-0.39, 0.29) is 0 Å². The van der Waals surface area contributed by atoms with Gasteiger partial charge in [-0.05, 0) is 20.8 Å². The molecule has 0 radical (unpaired) electrons. The standard InChI is InChI=1S/C10H19N3O2S/c1-9(2)12-4-6-13(7-5-12)16(14,15)10(3)8-11/h9-10H,4-7H2,1-3H3. The molecule has 0 spiro atoms. The molecule has 0 aromatic carbocycles. The molecular weight excluding hydrogens is 226 g/mol. The molecule has 1 aliphatic rings. The summed E-state index contributed by atoms with van der Waals surface area (Å²) < 4.78 is 25.2. The second-order valence-electron chi connectivity index (χ2n) is 4.35. The van der Waals surface area contributed by atoms with Gasteiger partial charge in [-0.2, -0.15) is 9.57 Å². The highest BCUT2D eigenvalue weighted by molar-refractivity contribution is 7.89. The van der Waals surface area contributed by atoms with Crippen LogP contribution in [-0.2, 0) is 10.0 Å². The minimum absolute atomic E-state index is 0.443. The molecule has 0 amide bonds. The van der Waals surface area contributed by atoms with E-state index in [1.807, 2.05) is 0 Å². The van der Waals surface area contributed by atoms with E-state index in [1.165, 1.54) is 11.2 Å². The molecule has 1 unspecified atom stereocenters. The minimum Gasteiger partial charge on any atom is -0.298 e. The highest BCUT2D eigenvalue weighted by Crippen LogP contribution is 2.13. The molecule has 0 saturated carbocycles. The van der Waals surface area contributed by atoms with Gasteiger partial charge in [-0.3, -0.25) is 4.90 Å². The van der Waals surface area contributed by atoms with Crippen LogP contribution in [0.4, 0.5) is 0 Å². The zero-order valence-corrected chi connectivity index (χ0v) is 10.9. The monoisotopic (exact) mass is 245 g/mol. The first kappa shape index (κ1) is 13.4. The van der Waals surface area contributed by atoms with E-state index in [0.717, 1.165) is 13.1 Å². The van der Waals surface area contributed by atoms with Crippen molar-refractivity contribution < 1.29 is 8.42 Å². The fourth-order valence-corrected chi connectivity index (χ4v) is 3.02. The fraction of sp³-hybridized carbons (Fsp3) is 0.900. The summed E-state index contributed by atoms with van der Waals surface area (Å²) >= 11 is 0. The number of piperazine rings is 1. The maximum absolute atomic E-state index is 11.9. The van der Waals surface area contributed by atoms with Gasteiger partial charge in [0.2, 0.25) is 10.0 Å². The quantitative estimate of drug-likeness (QED) is 0.715. The predicted molar refractivity (Wildman–Crippen MR) is 62.3 cm³/mol. The smallest absolute Gasteiger partial charge is 0.230 e. The molecule has 1 aliphatic heterocycles. The zero-order valence-electron chi connectivity index (χ0n) is 10.0. The first-order chi connectivity index (χ1) is 7.39. The Labute approximate surface area is 97.7 Å². The Morgan fingerprint density at radius 1 is 1.12 bits per heavy atom. The second-order valence-corrected chi connectivity index (χ2v) is 6.60. The highest BCUT2D eigenvalue weighted by atomic mass is 32.2. The van der Waals surface area contributed by atoms with Crippen LogP contribution in [0.5, 0.6) is 0 Å². The van der Waals surface area contributed by atoms with Crippen LogP contribution in [0, 0.1) is 11.3 Å². The first-order valence-electron chi connectivity index (χ1n) is 5.52. The molecule has 1 atom stereocenters. The SMILES string of the molecule is CC(C)N1CCN(S(=O)(=O)C(C)C#N)CC1. The molecule has 5 nitrogen and oxygen atoms in total. The van der Waals surface area contributed by atoms with Gasteiger partial charge in [0.25, 0.3) is 0 Å². The van der Waals surface area contributed by atoms with Gasteiger partial charge < -0.3 is 0 Å². The van der Waals surface area contributed by atoms with Crippen LogP contribution >= 0.6 is 0 Å². The average molecular weight is 245 g/mol. The largest absolute Gasteiger partial charge is 0.298 e. The van der Waals surface area contributed by atoms with Gasteiger partial charge in [0.15, 0.2) is 5.25 Å². The summed E-state index contributed by atoms with van der Waals surface area (Å²) in [5, 5.41) is 7.73. The normalized spacial score (nSPS) is 21.9. The van der Waals surface area contributed by atoms with Crippen molar-refractivity contribution in [1.29, 1.82) is 5.26 Å². The number of nitriles is 1. The van der Waals surface area contributed by atoms with Gasteiger partial charge in [-0.15, -0.1) is 0 Å². The Morgan fingerprint density at radius 3 is 2.00 bits per heavy atom. The summed E-state index contributed by atoms with van der Waals surface area (Å²) in [6.07, 6.45) is 0. The third kappa shape index (κ3) is 2.73.